The van der Waals surface area contributed by atoms with Crippen LogP contribution in [-0.2, 0) is 6.42 Å². The van der Waals surface area contributed by atoms with Crippen molar-refractivity contribution in [3.05, 3.63) is 35.0 Å². The summed E-state index contributed by atoms with van der Waals surface area (Å²) in [5.74, 6) is 0.622. The molecule has 0 radical (unpaired) electrons. The molecule has 1 fully saturated rings. The van der Waals surface area contributed by atoms with Crippen molar-refractivity contribution >= 4 is 22.5 Å². The molecule has 1 saturated carbocycles. The number of rotatable bonds is 2. The normalized spacial score (nSPS) is 24.6. The zero-order valence-electron chi connectivity index (χ0n) is 10.5. The Hall–Kier alpha value is -0.990. The Morgan fingerprint density at radius 2 is 2.11 bits per heavy atom. The molecule has 1 aromatic carbocycles. The number of aromatic amines is 1. The second kappa shape index (κ2) is 4.94. The fourth-order valence-corrected chi connectivity index (χ4v) is 3.26. The molecule has 1 aliphatic rings. The Bertz CT molecular complexity index is 546. The van der Waals surface area contributed by atoms with Crippen molar-refractivity contribution in [2.45, 2.75) is 38.1 Å². The smallest absolute Gasteiger partial charge is 0.0457 e. The van der Waals surface area contributed by atoms with E-state index < -0.39 is 0 Å². The standard InChI is InChI=1S/C15H19ClN2/c16-12-5-6-15-13(8-12)11(9-18-15)7-10-3-1-2-4-14(10)17/h5-6,8-10,14,18H,1-4,7,17H2. The number of benzene rings is 1. The van der Waals surface area contributed by atoms with Gasteiger partial charge in [-0.05, 0) is 48.9 Å². The minimum absolute atomic E-state index is 0.364. The molecule has 2 nitrogen and oxygen atoms in total. The molecule has 0 saturated heterocycles. The van der Waals surface area contributed by atoms with Crippen LogP contribution in [0.5, 0.6) is 0 Å². The van der Waals surface area contributed by atoms with E-state index in [1.807, 2.05) is 12.1 Å². The lowest BCUT2D eigenvalue weighted by Gasteiger charge is -2.28. The number of nitrogens with two attached hydrogens (primary N) is 1. The van der Waals surface area contributed by atoms with Crippen molar-refractivity contribution in [3.63, 3.8) is 0 Å². The van der Waals surface area contributed by atoms with Crippen molar-refractivity contribution < 1.29 is 0 Å². The van der Waals surface area contributed by atoms with Gasteiger partial charge in [0.05, 0.1) is 0 Å². The van der Waals surface area contributed by atoms with E-state index in [0.717, 1.165) is 11.4 Å². The van der Waals surface area contributed by atoms with Crippen molar-refractivity contribution in [1.82, 2.24) is 4.98 Å². The van der Waals surface area contributed by atoms with Crippen molar-refractivity contribution in [2.24, 2.45) is 11.7 Å². The maximum absolute atomic E-state index is 6.23. The number of hydrogen-bond acceptors (Lipinski definition) is 1. The van der Waals surface area contributed by atoms with E-state index in [-0.39, 0.29) is 0 Å². The zero-order valence-corrected chi connectivity index (χ0v) is 11.2. The molecule has 3 heteroatoms. The van der Waals surface area contributed by atoms with Crippen LogP contribution in [0.25, 0.3) is 10.9 Å². The van der Waals surface area contributed by atoms with Crippen LogP contribution in [0.4, 0.5) is 0 Å². The molecule has 3 N–H and O–H groups in total. The fraction of sp³-hybridized carbons (Fsp3) is 0.467. The highest BCUT2D eigenvalue weighted by Gasteiger charge is 2.22. The minimum Gasteiger partial charge on any atom is -0.361 e. The number of H-pyrrole nitrogens is 1. The first kappa shape index (κ1) is 12.1. The monoisotopic (exact) mass is 262 g/mol. The number of fused-ring (bicyclic) bond motifs is 1. The van der Waals surface area contributed by atoms with Gasteiger partial charge in [-0.1, -0.05) is 24.4 Å². The third-order valence-electron chi connectivity index (χ3n) is 4.18. The molecule has 0 bridgehead atoms. The third-order valence-corrected chi connectivity index (χ3v) is 4.41. The molecule has 1 aliphatic carbocycles. The third kappa shape index (κ3) is 2.27. The van der Waals surface area contributed by atoms with Gasteiger partial charge in [-0.15, -0.1) is 0 Å². The summed E-state index contributed by atoms with van der Waals surface area (Å²) in [6, 6.07) is 6.39. The quantitative estimate of drug-likeness (QED) is 0.847. The average Bonchev–Trinajstić information content (AvgIpc) is 2.75. The second-order valence-corrected chi connectivity index (χ2v) is 5.85. The van der Waals surface area contributed by atoms with Gasteiger partial charge in [0, 0.05) is 28.2 Å². The average molecular weight is 263 g/mol. The van der Waals surface area contributed by atoms with Crippen LogP contribution < -0.4 is 5.73 Å². The van der Waals surface area contributed by atoms with Crippen LogP contribution in [0.15, 0.2) is 24.4 Å². The van der Waals surface area contributed by atoms with Crippen LogP contribution in [0.1, 0.15) is 31.2 Å². The summed E-state index contributed by atoms with van der Waals surface area (Å²) in [6.45, 7) is 0. The molecule has 3 rings (SSSR count). The molecule has 2 atom stereocenters. The largest absolute Gasteiger partial charge is 0.361 e. The van der Waals surface area contributed by atoms with Gasteiger partial charge in [0.2, 0.25) is 0 Å². The van der Waals surface area contributed by atoms with E-state index in [9.17, 15) is 0 Å². The summed E-state index contributed by atoms with van der Waals surface area (Å²) in [5.41, 5.74) is 8.76. The molecule has 2 unspecified atom stereocenters. The molecule has 96 valence electrons. The predicted molar refractivity (Wildman–Crippen MR) is 76.9 cm³/mol. The number of nitrogens with one attached hydrogen (secondary N) is 1. The van der Waals surface area contributed by atoms with E-state index >= 15 is 0 Å². The molecular weight excluding hydrogens is 244 g/mol. The lowest BCUT2D eigenvalue weighted by atomic mass is 9.81. The molecule has 0 spiro atoms. The highest BCUT2D eigenvalue weighted by atomic mass is 35.5. The van der Waals surface area contributed by atoms with Crippen LogP contribution in [0, 0.1) is 5.92 Å². The molecule has 1 heterocycles. The Balaban J connectivity index is 1.87. The summed E-state index contributed by atoms with van der Waals surface area (Å²) in [7, 11) is 0. The molecular formula is C15H19ClN2. The zero-order chi connectivity index (χ0) is 12.5. The first-order valence-electron chi connectivity index (χ1n) is 6.75. The Morgan fingerprint density at radius 3 is 2.94 bits per heavy atom. The molecule has 1 aromatic heterocycles. The Morgan fingerprint density at radius 1 is 1.28 bits per heavy atom. The second-order valence-electron chi connectivity index (χ2n) is 5.42. The Labute approximate surface area is 113 Å². The highest BCUT2D eigenvalue weighted by Crippen LogP contribution is 2.30. The summed E-state index contributed by atoms with van der Waals surface area (Å²) in [5, 5.41) is 2.05. The van der Waals surface area contributed by atoms with E-state index in [0.29, 0.717) is 12.0 Å². The minimum atomic E-state index is 0.364. The van der Waals surface area contributed by atoms with Gasteiger partial charge in [-0.25, -0.2) is 0 Å². The maximum Gasteiger partial charge on any atom is 0.0457 e. The van der Waals surface area contributed by atoms with Crippen molar-refractivity contribution in [2.75, 3.05) is 0 Å². The lowest BCUT2D eigenvalue weighted by molar-refractivity contribution is 0.307. The van der Waals surface area contributed by atoms with E-state index in [2.05, 4.69) is 17.2 Å². The Kier molecular flexibility index (Phi) is 3.31. The predicted octanol–water partition coefficient (Wildman–Crippen LogP) is 3.88. The number of aromatic nitrogens is 1. The first-order valence-corrected chi connectivity index (χ1v) is 7.13. The van der Waals surface area contributed by atoms with Crippen molar-refractivity contribution in [1.29, 1.82) is 0 Å². The van der Waals surface area contributed by atoms with Gasteiger partial charge in [0.1, 0.15) is 0 Å². The van der Waals surface area contributed by atoms with Crippen LogP contribution in [-0.4, -0.2) is 11.0 Å². The molecule has 0 amide bonds. The highest BCUT2D eigenvalue weighted by molar-refractivity contribution is 6.31. The SMILES string of the molecule is NC1CCCCC1Cc1c[nH]c2ccc(Cl)cc12. The van der Waals surface area contributed by atoms with Gasteiger partial charge in [0.25, 0.3) is 0 Å². The number of halogens is 1. The van der Waals surface area contributed by atoms with Gasteiger partial charge >= 0.3 is 0 Å². The van der Waals surface area contributed by atoms with Crippen LogP contribution >= 0.6 is 11.6 Å². The number of hydrogen-bond donors (Lipinski definition) is 2. The maximum atomic E-state index is 6.23. The summed E-state index contributed by atoms with van der Waals surface area (Å²) in [6.07, 6.45) is 8.23. The summed E-state index contributed by atoms with van der Waals surface area (Å²) < 4.78 is 0. The van der Waals surface area contributed by atoms with Crippen LogP contribution in [0.2, 0.25) is 5.02 Å². The van der Waals surface area contributed by atoms with Crippen molar-refractivity contribution in [3.8, 4) is 0 Å². The van der Waals surface area contributed by atoms with Gasteiger partial charge in [0.15, 0.2) is 0 Å². The van der Waals surface area contributed by atoms with Gasteiger partial charge in [-0.2, -0.15) is 0 Å². The van der Waals surface area contributed by atoms with Gasteiger partial charge < -0.3 is 10.7 Å². The van der Waals surface area contributed by atoms with E-state index in [1.165, 1.54) is 42.1 Å². The molecule has 0 aliphatic heterocycles. The van der Waals surface area contributed by atoms with Gasteiger partial charge in [-0.3, -0.25) is 0 Å². The summed E-state index contributed by atoms with van der Waals surface area (Å²) >= 11 is 6.08. The first-order chi connectivity index (χ1) is 8.74. The fourth-order valence-electron chi connectivity index (χ4n) is 3.09. The topological polar surface area (TPSA) is 41.8 Å². The molecule has 18 heavy (non-hydrogen) atoms. The van der Waals surface area contributed by atoms with E-state index in [1.54, 1.807) is 0 Å². The summed E-state index contributed by atoms with van der Waals surface area (Å²) in [4.78, 5) is 3.32. The van der Waals surface area contributed by atoms with Crippen LogP contribution in [0.3, 0.4) is 0 Å². The lowest BCUT2D eigenvalue weighted by Crippen LogP contribution is -2.34. The van der Waals surface area contributed by atoms with E-state index in [4.69, 9.17) is 17.3 Å². The molecule has 2 aromatic rings.